The van der Waals surface area contributed by atoms with Crippen molar-refractivity contribution in [1.82, 2.24) is 14.7 Å². The van der Waals surface area contributed by atoms with E-state index in [1.807, 2.05) is 29.9 Å². The number of aromatic nitrogens is 3. The van der Waals surface area contributed by atoms with E-state index in [1.54, 1.807) is 6.20 Å². The number of anilines is 1. The summed E-state index contributed by atoms with van der Waals surface area (Å²) in [6.07, 6.45) is 3.95. The van der Waals surface area contributed by atoms with Gasteiger partial charge in [-0.15, -0.1) is 0 Å². The SMILES string of the molecule is C[C@@H]1CN(c2ccc3c(-c4nccn4C)noc3c2Cl)C[C@H](C)O1. The van der Waals surface area contributed by atoms with Crippen molar-refractivity contribution >= 4 is 28.3 Å². The topological polar surface area (TPSA) is 56.3 Å². The monoisotopic (exact) mass is 346 g/mol. The first-order valence-corrected chi connectivity index (χ1v) is 8.38. The van der Waals surface area contributed by atoms with Gasteiger partial charge in [0.2, 0.25) is 0 Å². The van der Waals surface area contributed by atoms with Crippen LogP contribution in [0.15, 0.2) is 29.0 Å². The highest BCUT2D eigenvalue weighted by atomic mass is 35.5. The zero-order valence-electron chi connectivity index (χ0n) is 13.9. The summed E-state index contributed by atoms with van der Waals surface area (Å²) in [7, 11) is 1.93. The number of fused-ring (bicyclic) bond motifs is 1. The van der Waals surface area contributed by atoms with Crippen LogP contribution in [0.1, 0.15) is 13.8 Å². The van der Waals surface area contributed by atoms with E-state index in [0.29, 0.717) is 16.3 Å². The Morgan fingerprint density at radius 3 is 2.62 bits per heavy atom. The Hall–Kier alpha value is -2.05. The van der Waals surface area contributed by atoms with Gasteiger partial charge in [0.05, 0.1) is 23.3 Å². The van der Waals surface area contributed by atoms with E-state index in [9.17, 15) is 0 Å². The van der Waals surface area contributed by atoms with Gasteiger partial charge in [0, 0.05) is 32.5 Å². The van der Waals surface area contributed by atoms with Crippen LogP contribution in [-0.2, 0) is 11.8 Å². The molecule has 0 aliphatic carbocycles. The first-order valence-electron chi connectivity index (χ1n) is 8.00. The molecule has 0 N–H and O–H groups in total. The maximum atomic E-state index is 6.64. The van der Waals surface area contributed by atoms with Gasteiger partial charge in [-0.1, -0.05) is 16.8 Å². The van der Waals surface area contributed by atoms with Gasteiger partial charge in [-0.05, 0) is 26.0 Å². The van der Waals surface area contributed by atoms with Crippen molar-refractivity contribution in [3.63, 3.8) is 0 Å². The lowest BCUT2D eigenvalue weighted by Gasteiger charge is -2.37. The first-order chi connectivity index (χ1) is 11.5. The Morgan fingerprint density at radius 1 is 1.21 bits per heavy atom. The average Bonchev–Trinajstić information content (AvgIpc) is 3.12. The number of aryl methyl sites for hydroxylation is 1. The normalized spacial score (nSPS) is 21.6. The molecule has 0 amide bonds. The third-order valence-corrected chi connectivity index (χ3v) is 4.72. The van der Waals surface area contributed by atoms with Crippen LogP contribution in [-0.4, -0.2) is 40.0 Å². The second-order valence-corrected chi connectivity index (χ2v) is 6.71. The summed E-state index contributed by atoms with van der Waals surface area (Å²) in [5.74, 6) is 0.756. The van der Waals surface area contributed by atoms with Crippen LogP contribution in [0.2, 0.25) is 5.02 Å². The lowest BCUT2D eigenvalue weighted by atomic mass is 10.1. The van der Waals surface area contributed by atoms with Crippen molar-refractivity contribution in [2.75, 3.05) is 18.0 Å². The molecule has 3 aromatic rings. The summed E-state index contributed by atoms with van der Waals surface area (Å²) in [6.45, 7) is 5.75. The molecule has 2 aromatic heterocycles. The third-order valence-electron chi connectivity index (χ3n) is 4.35. The number of hydrogen-bond acceptors (Lipinski definition) is 5. The Labute approximate surface area is 144 Å². The van der Waals surface area contributed by atoms with Crippen molar-refractivity contribution in [1.29, 1.82) is 0 Å². The molecular weight excluding hydrogens is 328 g/mol. The minimum atomic E-state index is 0.165. The molecule has 0 radical (unpaired) electrons. The Morgan fingerprint density at radius 2 is 1.96 bits per heavy atom. The van der Waals surface area contributed by atoms with E-state index in [0.717, 1.165) is 30.0 Å². The average molecular weight is 347 g/mol. The molecule has 0 saturated carbocycles. The fourth-order valence-corrected chi connectivity index (χ4v) is 3.65. The molecule has 126 valence electrons. The van der Waals surface area contributed by atoms with Gasteiger partial charge in [0.1, 0.15) is 5.02 Å². The number of rotatable bonds is 2. The summed E-state index contributed by atoms with van der Waals surface area (Å²) in [5.41, 5.74) is 2.25. The van der Waals surface area contributed by atoms with Gasteiger partial charge in [-0.2, -0.15) is 0 Å². The van der Waals surface area contributed by atoms with E-state index >= 15 is 0 Å². The van der Waals surface area contributed by atoms with Crippen molar-refractivity contribution in [3.8, 4) is 11.5 Å². The summed E-state index contributed by atoms with van der Waals surface area (Å²) < 4.78 is 13.3. The smallest absolute Gasteiger partial charge is 0.188 e. The second-order valence-electron chi connectivity index (χ2n) is 6.33. The largest absolute Gasteiger partial charge is 0.372 e. The maximum Gasteiger partial charge on any atom is 0.188 e. The molecule has 0 spiro atoms. The molecule has 6 nitrogen and oxygen atoms in total. The Bertz CT molecular complexity index is 878. The van der Waals surface area contributed by atoms with Crippen LogP contribution in [0.5, 0.6) is 0 Å². The lowest BCUT2D eigenvalue weighted by Crippen LogP contribution is -2.45. The molecule has 1 aliphatic heterocycles. The second kappa shape index (κ2) is 5.79. The van der Waals surface area contributed by atoms with Gasteiger partial charge in [-0.25, -0.2) is 4.98 Å². The number of benzene rings is 1. The van der Waals surface area contributed by atoms with Crippen LogP contribution >= 0.6 is 11.6 Å². The summed E-state index contributed by atoms with van der Waals surface area (Å²) >= 11 is 6.64. The summed E-state index contributed by atoms with van der Waals surface area (Å²) in [5, 5.41) is 5.64. The fourth-order valence-electron chi connectivity index (χ4n) is 3.34. The van der Waals surface area contributed by atoms with E-state index in [2.05, 4.69) is 28.9 Å². The van der Waals surface area contributed by atoms with E-state index < -0.39 is 0 Å². The number of ether oxygens (including phenoxy) is 1. The van der Waals surface area contributed by atoms with Crippen LogP contribution < -0.4 is 4.90 Å². The van der Waals surface area contributed by atoms with Crippen molar-refractivity contribution < 1.29 is 9.26 Å². The molecule has 3 heterocycles. The summed E-state index contributed by atoms with van der Waals surface area (Å²) in [6, 6.07) is 4.03. The van der Waals surface area contributed by atoms with E-state index in [1.165, 1.54) is 0 Å². The van der Waals surface area contributed by atoms with Gasteiger partial charge in [0.15, 0.2) is 17.1 Å². The number of imidazole rings is 1. The van der Waals surface area contributed by atoms with Crippen molar-refractivity contribution in [3.05, 3.63) is 29.5 Å². The molecule has 1 aliphatic rings. The van der Waals surface area contributed by atoms with Crippen LogP contribution in [0.3, 0.4) is 0 Å². The van der Waals surface area contributed by atoms with Gasteiger partial charge in [-0.3, -0.25) is 0 Å². The molecule has 1 saturated heterocycles. The highest BCUT2D eigenvalue weighted by Crippen LogP contribution is 2.38. The molecule has 1 aromatic carbocycles. The van der Waals surface area contributed by atoms with Crippen molar-refractivity contribution in [2.45, 2.75) is 26.1 Å². The van der Waals surface area contributed by atoms with Crippen LogP contribution in [0.4, 0.5) is 5.69 Å². The zero-order valence-corrected chi connectivity index (χ0v) is 14.6. The predicted molar refractivity (Wildman–Crippen MR) is 93.4 cm³/mol. The first kappa shape index (κ1) is 15.5. The number of hydrogen-bond donors (Lipinski definition) is 0. The molecular formula is C17H19ClN4O2. The zero-order chi connectivity index (χ0) is 16.8. The molecule has 24 heavy (non-hydrogen) atoms. The fraction of sp³-hybridized carbons (Fsp3) is 0.412. The quantitative estimate of drug-likeness (QED) is 0.711. The lowest BCUT2D eigenvalue weighted by molar-refractivity contribution is -0.00520. The molecule has 0 bridgehead atoms. The van der Waals surface area contributed by atoms with Gasteiger partial charge in [0.25, 0.3) is 0 Å². The van der Waals surface area contributed by atoms with E-state index in [-0.39, 0.29) is 12.2 Å². The minimum absolute atomic E-state index is 0.165. The van der Waals surface area contributed by atoms with Crippen molar-refractivity contribution in [2.24, 2.45) is 7.05 Å². The number of nitrogens with zero attached hydrogens (tertiary/aromatic N) is 4. The van der Waals surface area contributed by atoms with Crippen LogP contribution in [0.25, 0.3) is 22.5 Å². The number of halogens is 1. The predicted octanol–water partition coefficient (Wildman–Crippen LogP) is 3.50. The van der Waals surface area contributed by atoms with Gasteiger partial charge < -0.3 is 18.7 Å². The molecule has 4 rings (SSSR count). The molecule has 0 unspecified atom stereocenters. The Balaban J connectivity index is 1.78. The standard InChI is InChI=1S/C17H19ClN4O2/c1-10-8-22(9-11(2)23-10)13-5-4-12-15(17-19-6-7-21(17)3)20-24-16(12)14(13)18/h4-7,10-11H,8-9H2,1-3H3/t10-,11+. The highest BCUT2D eigenvalue weighted by molar-refractivity contribution is 6.37. The highest BCUT2D eigenvalue weighted by Gasteiger charge is 2.26. The minimum Gasteiger partial charge on any atom is -0.372 e. The van der Waals surface area contributed by atoms with Crippen LogP contribution in [0, 0.1) is 0 Å². The maximum absolute atomic E-state index is 6.64. The van der Waals surface area contributed by atoms with Gasteiger partial charge >= 0.3 is 0 Å². The third kappa shape index (κ3) is 2.46. The molecule has 2 atom stereocenters. The molecule has 7 heteroatoms. The number of morpholine rings is 1. The Kier molecular flexibility index (Phi) is 3.73. The summed E-state index contributed by atoms with van der Waals surface area (Å²) in [4.78, 5) is 6.58. The molecule has 1 fully saturated rings. The van der Waals surface area contributed by atoms with E-state index in [4.69, 9.17) is 20.9 Å².